The maximum Gasteiger partial charge on any atom is 0.337 e. The summed E-state index contributed by atoms with van der Waals surface area (Å²) in [5.74, 6) is -1.12. The van der Waals surface area contributed by atoms with E-state index in [4.69, 9.17) is 9.84 Å². The number of thiazole rings is 1. The Kier molecular flexibility index (Phi) is 6.15. The van der Waals surface area contributed by atoms with Gasteiger partial charge in [0, 0.05) is 23.8 Å². The molecule has 10 nitrogen and oxygen atoms in total. The summed E-state index contributed by atoms with van der Waals surface area (Å²) < 4.78 is 31.9. The number of carbonyl (C=O) groups is 2. The largest absolute Gasteiger partial charge is 0.466 e. The van der Waals surface area contributed by atoms with Gasteiger partial charge in [0.25, 0.3) is 15.9 Å². The predicted octanol–water partition coefficient (Wildman–Crippen LogP) is 0.617. The zero-order valence-electron chi connectivity index (χ0n) is 15.3. The third-order valence-corrected chi connectivity index (χ3v) is 6.21. The SMILES string of the molecule is COC(=O)C1=C(Nc2ccc(S(=O)(=O)Nc3nccs3)cc2)C(=O)N(CCO)C1. The van der Waals surface area contributed by atoms with Crippen molar-refractivity contribution in [2.24, 2.45) is 0 Å². The molecule has 2 heterocycles. The number of hydrogen-bond acceptors (Lipinski definition) is 9. The number of β-amino-alcohol motifs (C(OH)–C–C–N with tert-alkyl or cyclic N) is 1. The van der Waals surface area contributed by atoms with E-state index in [1.807, 2.05) is 0 Å². The molecule has 3 N–H and O–H groups in total. The lowest BCUT2D eigenvalue weighted by atomic mass is 10.2. The maximum absolute atomic E-state index is 12.5. The van der Waals surface area contributed by atoms with Gasteiger partial charge in [0.2, 0.25) is 0 Å². The smallest absolute Gasteiger partial charge is 0.337 e. The van der Waals surface area contributed by atoms with Gasteiger partial charge in [0.05, 0.1) is 30.7 Å². The number of esters is 1. The molecular weight excluding hydrogens is 420 g/mol. The Balaban J connectivity index is 1.80. The Morgan fingerprint density at radius 2 is 2.07 bits per heavy atom. The molecule has 0 spiro atoms. The molecular formula is C17H18N4O6S2. The van der Waals surface area contributed by atoms with Gasteiger partial charge in [0.1, 0.15) is 5.70 Å². The van der Waals surface area contributed by atoms with Crippen LogP contribution in [0.1, 0.15) is 0 Å². The Hall–Kier alpha value is -2.96. The fraction of sp³-hybridized carbons (Fsp3) is 0.235. The summed E-state index contributed by atoms with van der Waals surface area (Å²) >= 11 is 1.15. The first-order valence-electron chi connectivity index (χ1n) is 8.36. The van der Waals surface area contributed by atoms with E-state index in [0.29, 0.717) is 5.69 Å². The molecule has 1 aromatic carbocycles. The van der Waals surface area contributed by atoms with E-state index in [9.17, 15) is 18.0 Å². The minimum Gasteiger partial charge on any atom is -0.466 e. The van der Waals surface area contributed by atoms with Crippen LogP contribution in [0, 0.1) is 0 Å². The van der Waals surface area contributed by atoms with Crippen LogP contribution in [-0.2, 0) is 24.3 Å². The summed E-state index contributed by atoms with van der Waals surface area (Å²) in [7, 11) is -2.59. The second-order valence-corrected chi connectivity index (χ2v) is 8.46. The van der Waals surface area contributed by atoms with Crippen molar-refractivity contribution in [3.05, 3.63) is 47.1 Å². The summed E-state index contributed by atoms with van der Waals surface area (Å²) in [6, 6.07) is 5.67. The normalized spacial score (nSPS) is 14.3. The van der Waals surface area contributed by atoms with Crippen molar-refractivity contribution < 1.29 is 27.9 Å². The molecule has 154 valence electrons. The minimum atomic E-state index is -3.80. The van der Waals surface area contributed by atoms with Gasteiger partial charge in [-0.2, -0.15) is 0 Å². The van der Waals surface area contributed by atoms with Crippen molar-refractivity contribution >= 4 is 44.1 Å². The van der Waals surface area contributed by atoms with E-state index in [1.54, 1.807) is 5.38 Å². The zero-order chi connectivity index (χ0) is 21.0. The molecule has 0 radical (unpaired) electrons. The fourth-order valence-corrected chi connectivity index (χ4v) is 4.45. The van der Waals surface area contributed by atoms with E-state index in [1.165, 1.54) is 42.5 Å². The second kappa shape index (κ2) is 8.59. The summed E-state index contributed by atoms with van der Waals surface area (Å²) in [5, 5.41) is 13.8. The van der Waals surface area contributed by atoms with Crippen LogP contribution in [0.5, 0.6) is 0 Å². The van der Waals surface area contributed by atoms with E-state index in [2.05, 4.69) is 15.0 Å². The minimum absolute atomic E-state index is 0.0125. The molecule has 3 rings (SSSR count). The third-order valence-electron chi connectivity index (χ3n) is 4.04. The predicted molar refractivity (Wildman–Crippen MR) is 106 cm³/mol. The number of nitrogens with one attached hydrogen (secondary N) is 2. The van der Waals surface area contributed by atoms with Crippen molar-refractivity contribution in [1.29, 1.82) is 0 Å². The second-order valence-electron chi connectivity index (χ2n) is 5.89. The summed E-state index contributed by atoms with van der Waals surface area (Å²) in [4.78, 5) is 29.7. The highest BCUT2D eigenvalue weighted by Crippen LogP contribution is 2.24. The Labute approximate surface area is 170 Å². The zero-order valence-corrected chi connectivity index (χ0v) is 16.9. The molecule has 0 saturated carbocycles. The lowest BCUT2D eigenvalue weighted by Crippen LogP contribution is -2.31. The quantitative estimate of drug-likeness (QED) is 0.510. The standard InChI is InChI=1S/C17H18N4O6S2/c1-27-16(24)13-10-21(7-8-22)15(23)14(13)19-11-2-4-12(5-3-11)29(25,26)20-17-18-6-9-28-17/h2-6,9,19,22H,7-8,10H2,1H3,(H,18,20). The number of anilines is 2. The number of aliphatic hydroxyl groups excluding tert-OH is 1. The fourth-order valence-electron chi connectivity index (χ4n) is 2.66. The molecule has 0 saturated heterocycles. The molecule has 1 amide bonds. The topological polar surface area (TPSA) is 138 Å². The summed E-state index contributed by atoms with van der Waals surface area (Å²) in [6.07, 6.45) is 1.49. The molecule has 1 aromatic heterocycles. The number of sulfonamides is 1. The summed E-state index contributed by atoms with van der Waals surface area (Å²) in [6.45, 7) is -0.158. The number of carbonyl (C=O) groups excluding carboxylic acids is 2. The van der Waals surface area contributed by atoms with Gasteiger partial charge in [-0.05, 0) is 24.3 Å². The number of amides is 1. The number of nitrogens with zero attached hydrogens (tertiary/aromatic N) is 2. The van der Waals surface area contributed by atoms with E-state index in [0.717, 1.165) is 11.3 Å². The Morgan fingerprint density at radius 1 is 1.34 bits per heavy atom. The van der Waals surface area contributed by atoms with E-state index < -0.39 is 21.9 Å². The van der Waals surface area contributed by atoms with E-state index in [-0.39, 0.29) is 41.0 Å². The Bertz CT molecular complexity index is 1030. The maximum atomic E-state index is 12.5. The average molecular weight is 438 g/mol. The van der Waals surface area contributed by atoms with Gasteiger partial charge in [-0.25, -0.2) is 18.2 Å². The van der Waals surface area contributed by atoms with Crippen LogP contribution in [0.2, 0.25) is 0 Å². The first-order chi connectivity index (χ1) is 13.9. The highest BCUT2D eigenvalue weighted by atomic mass is 32.2. The van der Waals surface area contributed by atoms with Crippen molar-refractivity contribution in [2.45, 2.75) is 4.90 Å². The molecule has 0 atom stereocenters. The van der Waals surface area contributed by atoms with Crippen LogP contribution in [-0.4, -0.2) is 62.1 Å². The number of rotatable bonds is 8. The highest BCUT2D eigenvalue weighted by molar-refractivity contribution is 7.93. The van der Waals surface area contributed by atoms with Gasteiger partial charge in [-0.3, -0.25) is 9.52 Å². The molecule has 29 heavy (non-hydrogen) atoms. The number of methoxy groups -OCH3 is 1. The first kappa shape index (κ1) is 20.8. The molecule has 2 aromatic rings. The van der Waals surface area contributed by atoms with Gasteiger partial charge in [-0.1, -0.05) is 0 Å². The van der Waals surface area contributed by atoms with Crippen molar-refractivity contribution in [3.63, 3.8) is 0 Å². The average Bonchev–Trinajstić information content (AvgIpc) is 3.31. The van der Waals surface area contributed by atoms with Crippen LogP contribution in [0.25, 0.3) is 0 Å². The van der Waals surface area contributed by atoms with E-state index >= 15 is 0 Å². The summed E-state index contributed by atoms with van der Waals surface area (Å²) in [5.41, 5.74) is 0.573. The van der Waals surface area contributed by atoms with Gasteiger partial charge < -0.3 is 20.1 Å². The first-order valence-corrected chi connectivity index (χ1v) is 10.7. The third kappa shape index (κ3) is 4.55. The highest BCUT2D eigenvalue weighted by Gasteiger charge is 2.34. The van der Waals surface area contributed by atoms with Crippen LogP contribution in [0.3, 0.4) is 0 Å². The van der Waals surface area contributed by atoms with Crippen LogP contribution < -0.4 is 10.0 Å². The molecule has 0 fully saturated rings. The molecule has 0 unspecified atom stereocenters. The molecule has 0 bridgehead atoms. The molecule has 1 aliphatic rings. The molecule has 1 aliphatic heterocycles. The number of aromatic nitrogens is 1. The number of benzene rings is 1. The number of aliphatic hydroxyl groups is 1. The number of ether oxygens (including phenoxy) is 1. The van der Waals surface area contributed by atoms with Gasteiger partial charge in [0.15, 0.2) is 5.13 Å². The van der Waals surface area contributed by atoms with Gasteiger partial charge >= 0.3 is 5.97 Å². The Morgan fingerprint density at radius 3 is 2.66 bits per heavy atom. The van der Waals surface area contributed by atoms with Crippen LogP contribution >= 0.6 is 11.3 Å². The lowest BCUT2D eigenvalue weighted by molar-refractivity contribution is -0.136. The van der Waals surface area contributed by atoms with Crippen molar-refractivity contribution in [3.8, 4) is 0 Å². The molecule has 0 aliphatic carbocycles. The van der Waals surface area contributed by atoms with Crippen LogP contribution in [0.4, 0.5) is 10.8 Å². The van der Waals surface area contributed by atoms with Crippen LogP contribution in [0.15, 0.2) is 52.0 Å². The lowest BCUT2D eigenvalue weighted by Gasteiger charge is -2.15. The van der Waals surface area contributed by atoms with Crippen molar-refractivity contribution in [1.82, 2.24) is 9.88 Å². The molecule has 12 heteroatoms. The number of hydrogen-bond donors (Lipinski definition) is 3. The monoisotopic (exact) mass is 438 g/mol. The van der Waals surface area contributed by atoms with Gasteiger partial charge in [-0.15, -0.1) is 11.3 Å². The van der Waals surface area contributed by atoms with Crippen molar-refractivity contribution in [2.75, 3.05) is 36.8 Å².